The summed E-state index contributed by atoms with van der Waals surface area (Å²) in [4.78, 5) is 28.7. The average molecular weight is 471 g/mol. The Morgan fingerprint density at radius 1 is 1.06 bits per heavy atom. The lowest BCUT2D eigenvalue weighted by atomic mass is 10.0. The van der Waals surface area contributed by atoms with Gasteiger partial charge in [0.15, 0.2) is 4.87 Å². The first-order valence-corrected chi connectivity index (χ1v) is 11.4. The van der Waals surface area contributed by atoms with Crippen LogP contribution in [0.1, 0.15) is 21.5 Å². The van der Waals surface area contributed by atoms with Crippen LogP contribution in [-0.4, -0.2) is 29.0 Å². The first-order chi connectivity index (χ1) is 15.4. The van der Waals surface area contributed by atoms with E-state index in [0.717, 1.165) is 5.56 Å². The monoisotopic (exact) mass is 470 g/mol. The van der Waals surface area contributed by atoms with Gasteiger partial charge < -0.3 is 9.80 Å². The largest absolute Gasteiger partial charge is 0.311 e. The molecule has 3 aromatic rings. The van der Waals surface area contributed by atoms with Crippen molar-refractivity contribution >= 4 is 40.9 Å². The Labute approximate surface area is 192 Å². The minimum absolute atomic E-state index is 0.121. The van der Waals surface area contributed by atoms with Gasteiger partial charge in [-0.1, -0.05) is 41.9 Å². The predicted octanol–water partition coefficient (Wildman–Crippen LogP) is 5.21. The number of nitrogens with zero attached hydrogens (tertiary/aromatic N) is 2. The van der Waals surface area contributed by atoms with Crippen molar-refractivity contribution in [2.45, 2.75) is 11.4 Å². The first-order valence-electron chi connectivity index (χ1n) is 9.99. The number of rotatable bonds is 3. The molecule has 2 aliphatic rings. The van der Waals surface area contributed by atoms with Crippen LogP contribution in [0.3, 0.4) is 0 Å². The Bertz CT molecular complexity index is 1250. The number of hydrogen-bond acceptors (Lipinski definition) is 3. The van der Waals surface area contributed by atoms with E-state index in [1.807, 2.05) is 12.1 Å². The van der Waals surface area contributed by atoms with Crippen molar-refractivity contribution in [3.63, 3.8) is 0 Å². The second-order valence-electron chi connectivity index (χ2n) is 7.57. The molecule has 0 aromatic heterocycles. The maximum Gasteiger partial charge on any atom is 0.268 e. The molecule has 3 aromatic carbocycles. The minimum Gasteiger partial charge on any atom is -0.311 e. The zero-order valence-corrected chi connectivity index (χ0v) is 18.3. The van der Waals surface area contributed by atoms with Crippen LogP contribution in [0.5, 0.6) is 0 Å². The van der Waals surface area contributed by atoms with Crippen molar-refractivity contribution in [2.75, 3.05) is 17.2 Å². The molecule has 1 fully saturated rings. The number of fused-ring (bicyclic) bond motifs is 2. The molecule has 1 spiro atoms. The van der Waals surface area contributed by atoms with Crippen molar-refractivity contribution in [2.24, 2.45) is 0 Å². The molecule has 0 bridgehead atoms. The molecule has 162 valence electrons. The Morgan fingerprint density at radius 3 is 2.59 bits per heavy atom. The Kier molecular flexibility index (Phi) is 5.18. The second-order valence-corrected chi connectivity index (χ2v) is 9.27. The fraction of sp³-hybridized carbons (Fsp3) is 0.167. The zero-order valence-electron chi connectivity index (χ0n) is 16.7. The van der Waals surface area contributed by atoms with Crippen LogP contribution in [0.4, 0.5) is 14.5 Å². The van der Waals surface area contributed by atoms with Crippen LogP contribution in [0.25, 0.3) is 0 Å². The highest BCUT2D eigenvalue weighted by Crippen LogP contribution is 2.55. The van der Waals surface area contributed by atoms with Gasteiger partial charge >= 0.3 is 0 Å². The van der Waals surface area contributed by atoms with E-state index >= 15 is 0 Å². The molecule has 2 heterocycles. The van der Waals surface area contributed by atoms with Crippen LogP contribution in [-0.2, 0) is 16.2 Å². The summed E-state index contributed by atoms with van der Waals surface area (Å²) in [7, 11) is 0. The van der Waals surface area contributed by atoms with E-state index < -0.39 is 22.4 Å². The highest BCUT2D eigenvalue weighted by Gasteiger charge is 2.59. The summed E-state index contributed by atoms with van der Waals surface area (Å²) < 4.78 is 28.7. The van der Waals surface area contributed by atoms with Gasteiger partial charge in [-0.05, 0) is 42.0 Å². The summed E-state index contributed by atoms with van der Waals surface area (Å²) in [5, 5.41) is 0.503. The molecule has 1 atom stereocenters. The third kappa shape index (κ3) is 3.11. The lowest BCUT2D eigenvalue weighted by molar-refractivity contribution is -0.123. The smallest absolute Gasteiger partial charge is 0.268 e. The van der Waals surface area contributed by atoms with E-state index in [-0.39, 0.29) is 24.6 Å². The van der Waals surface area contributed by atoms with Crippen molar-refractivity contribution in [3.8, 4) is 0 Å². The summed E-state index contributed by atoms with van der Waals surface area (Å²) in [6.07, 6.45) is 0. The molecule has 1 saturated heterocycles. The number of halogens is 3. The molecule has 8 heteroatoms. The quantitative estimate of drug-likeness (QED) is 0.528. The van der Waals surface area contributed by atoms with Crippen LogP contribution in [0, 0.1) is 11.6 Å². The van der Waals surface area contributed by atoms with Gasteiger partial charge in [-0.25, -0.2) is 8.78 Å². The third-order valence-corrected chi connectivity index (χ3v) is 7.58. The van der Waals surface area contributed by atoms with Crippen LogP contribution in [0.2, 0.25) is 5.02 Å². The van der Waals surface area contributed by atoms with Gasteiger partial charge in [0.25, 0.3) is 11.8 Å². The fourth-order valence-electron chi connectivity index (χ4n) is 4.32. The Hall–Kier alpha value is -2.90. The van der Waals surface area contributed by atoms with E-state index in [1.165, 1.54) is 51.9 Å². The second kappa shape index (κ2) is 7.90. The number of amides is 2. The molecule has 2 aliphatic heterocycles. The van der Waals surface area contributed by atoms with Crippen molar-refractivity contribution in [1.29, 1.82) is 0 Å². The number of carbonyl (C=O) groups is 2. The number of hydrogen-bond donors (Lipinski definition) is 0. The molecule has 0 radical (unpaired) electrons. The molecule has 0 aliphatic carbocycles. The molecule has 4 nitrogen and oxygen atoms in total. The number of benzene rings is 3. The number of anilines is 1. The highest BCUT2D eigenvalue weighted by atomic mass is 35.5. The van der Waals surface area contributed by atoms with Gasteiger partial charge in [0, 0.05) is 22.9 Å². The van der Waals surface area contributed by atoms with E-state index in [1.54, 1.807) is 24.3 Å². The summed E-state index contributed by atoms with van der Waals surface area (Å²) in [6.45, 7) is 0.403. The number of carbonyl (C=O) groups excluding carboxylic acids is 2. The van der Waals surface area contributed by atoms with Gasteiger partial charge in [0.1, 0.15) is 11.6 Å². The van der Waals surface area contributed by atoms with Gasteiger partial charge in [0.05, 0.1) is 17.8 Å². The summed E-state index contributed by atoms with van der Waals surface area (Å²) in [5.74, 6) is -1.69. The van der Waals surface area contributed by atoms with Crippen molar-refractivity contribution in [3.05, 3.63) is 100 Å². The van der Waals surface area contributed by atoms with Crippen LogP contribution >= 0.6 is 23.4 Å². The molecule has 32 heavy (non-hydrogen) atoms. The van der Waals surface area contributed by atoms with Gasteiger partial charge in [-0.3, -0.25) is 9.59 Å². The van der Waals surface area contributed by atoms with Gasteiger partial charge in [0.2, 0.25) is 0 Å². The first kappa shape index (κ1) is 21.0. The van der Waals surface area contributed by atoms with Gasteiger partial charge in [-0.2, -0.15) is 0 Å². The van der Waals surface area contributed by atoms with E-state index in [2.05, 4.69) is 0 Å². The molecule has 0 unspecified atom stereocenters. The standard InChI is InChI=1S/C24H17ClF2N2O2S/c25-19-7-3-1-5-15(19)14-28-21-10-9-16(26)13-18(21)24(23(28)31)29(11-12-32-24)22(30)17-6-2-4-8-20(17)27/h1-10,13H,11-12,14H2/t24-/m1/s1. The third-order valence-electron chi connectivity index (χ3n) is 5.79. The SMILES string of the molecule is O=C(c1ccccc1F)N1CCS[C@]12C(=O)N(Cc1ccccc1Cl)c1ccc(F)cc12. The van der Waals surface area contributed by atoms with Crippen LogP contribution < -0.4 is 4.90 Å². The van der Waals surface area contributed by atoms with Crippen LogP contribution in [0.15, 0.2) is 66.7 Å². The van der Waals surface area contributed by atoms with E-state index in [0.29, 0.717) is 22.0 Å². The molecular weight excluding hydrogens is 454 g/mol. The molecule has 0 N–H and O–H groups in total. The maximum absolute atomic E-state index is 14.4. The van der Waals surface area contributed by atoms with Gasteiger partial charge in [-0.15, -0.1) is 11.8 Å². The summed E-state index contributed by atoms with van der Waals surface area (Å²) >= 11 is 7.58. The van der Waals surface area contributed by atoms with Crippen molar-refractivity contribution in [1.82, 2.24) is 4.90 Å². The van der Waals surface area contributed by atoms with E-state index in [4.69, 9.17) is 11.6 Å². The number of thioether (sulfide) groups is 1. The lowest BCUT2D eigenvalue weighted by Crippen LogP contribution is -2.50. The molecule has 2 amide bonds. The Balaban J connectivity index is 1.63. The minimum atomic E-state index is -1.46. The summed E-state index contributed by atoms with van der Waals surface area (Å²) in [6, 6.07) is 16.9. The maximum atomic E-state index is 14.4. The zero-order chi connectivity index (χ0) is 22.5. The predicted molar refractivity (Wildman–Crippen MR) is 121 cm³/mol. The average Bonchev–Trinajstić information content (AvgIpc) is 3.32. The topological polar surface area (TPSA) is 40.6 Å². The fourth-order valence-corrected chi connectivity index (χ4v) is 5.97. The summed E-state index contributed by atoms with van der Waals surface area (Å²) in [5.41, 5.74) is 1.51. The molecule has 5 rings (SSSR count). The van der Waals surface area contributed by atoms with Crippen molar-refractivity contribution < 1.29 is 18.4 Å². The normalized spacial score (nSPS) is 19.7. The molecular formula is C24H17ClF2N2O2S. The Morgan fingerprint density at radius 2 is 1.81 bits per heavy atom. The highest BCUT2D eigenvalue weighted by molar-refractivity contribution is 8.01. The van der Waals surface area contributed by atoms with E-state index in [9.17, 15) is 18.4 Å². The molecule has 0 saturated carbocycles. The lowest BCUT2D eigenvalue weighted by Gasteiger charge is -2.33.